The molecule has 4 aromatic rings. The SMILES string of the molecule is Cc1cccc2c1cc1c(C)nc3ccccc3n12. The fourth-order valence-electron chi connectivity index (χ4n) is 2.89. The molecule has 0 saturated heterocycles. The maximum Gasteiger partial charge on any atom is 0.0874 e. The van der Waals surface area contributed by atoms with E-state index in [0.29, 0.717) is 0 Å². The maximum atomic E-state index is 4.71. The molecule has 0 aliphatic rings. The van der Waals surface area contributed by atoms with Gasteiger partial charge in [-0.2, -0.15) is 0 Å². The summed E-state index contributed by atoms with van der Waals surface area (Å²) < 4.78 is 2.32. The average Bonchev–Trinajstić information content (AvgIpc) is 2.81. The van der Waals surface area contributed by atoms with Crippen molar-refractivity contribution in [2.75, 3.05) is 0 Å². The molecule has 2 aromatic heterocycles. The van der Waals surface area contributed by atoms with E-state index < -0.39 is 0 Å². The van der Waals surface area contributed by atoms with E-state index in [0.717, 1.165) is 11.2 Å². The van der Waals surface area contributed by atoms with Crippen molar-refractivity contribution in [1.82, 2.24) is 9.38 Å². The molecular formula is C17H14N2. The Morgan fingerprint density at radius 3 is 2.53 bits per heavy atom. The van der Waals surface area contributed by atoms with Gasteiger partial charge in [0.2, 0.25) is 0 Å². The minimum absolute atomic E-state index is 1.05. The van der Waals surface area contributed by atoms with Crippen molar-refractivity contribution < 1.29 is 0 Å². The van der Waals surface area contributed by atoms with Crippen LogP contribution >= 0.6 is 0 Å². The van der Waals surface area contributed by atoms with E-state index in [1.165, 1.54) is 27.5 Å². The van der Waals surface area contributed by atoms with Crippen LogP contribution in [0.1, 0.15) is 11.3 Å². The Morgan fingerprint density at radius 2 is 1.63 bits per heavy atom. The molecule has 0 unspecified atom stereocenters. The minimum Gasteiger partial charge on any atom is -0.306 e. The van der Waals surface area contributed by atoms with E-state index in [4.69, 9.17) is 4.98 Å². The van der Waals surface area contributed by atoms with Crippen LogP contribution in [-0.4, -0.2) is 9.38 Å². The topological polar surface area (TPSA) is 17.3 Å². The lowest BCUT2D eigenvalue weighted by Gasteiger charge is -2.06. The molecule has 2 nitrogen and oxygen atoms in total. The first-order valence-corrected chi connectivity index (χ1v) is 6.52. The summed E-state index contributed by atoms with van der Waals surface area (Å²) in [6, 6.07) is 17.0. The molecular weight excluding hydrogens is 232 g/mol. The second kappa shape index (κ2) is 3.58. The van der Waals surface area contributed by atoms with Crippen LogP contribution in [0.2, 0.25) is 0 Å². The molecule has 92 valence electrons. The monoisotopic (exact) mass is 246 g/mol. The van der Waals surface area contributed by atoms with Gasteiger partial charge in [0.1, 0.15) is 0 Å². The summed E-state index contributed by atoms with van der Waals surface area (Å²) in [5.74, 6) is 0. The number of hydrogen-bond acceptors (Lipinski definition) is 1. The summed E-state index contributed by atoms with van der Waals surface area (Å²) in [6.45, 7) is 4.24. The number of para-hydroxylation sites is 2. The highest BCUT2D eigenvalue weighted by Gasteiger charge is 2.10. The summed E-state index contributed by atoms with van der Waals surface area (Å²) in [5, 5.41) is 1.31. The first-order chi connectivity index (χ1) is 9.25. The number of benzene rings is 2. The third-order valence-electron chi connectivity index (χ3n) is 3.85. The van der Waals surface area contributed by atoms with E-state index in [-0.39, 0.29) is 0 Å². The molecule has 0 saturated carbocycles. The highest BCUT2D eigenvalue weighted by molar-refractivity contribution is 5.95. The number of hydrogen-bond donors (Lipinski definition) is 0. The lowest BCUT2D eigenvalue weighted by molar-refractivity contribution is 1.19. The van der Waals surface area contributed by atoms with Crippen molar-refractivity contribution in [3.05, 3.63) is 59.8 Å². The highest BCUT2D eigenvalue weighted by atomic mass is 14.9. The Morgan fingerprint density at radius 1 is 0.842 bits per heavy atom. The van der Waals surface area contributed by atoms with Crippen molar-refractivity contribution in [3.8, 4) is 0 Å². The Balaban J connectivity index is 2.40. The predicted molar refractivity (Wildman–Crippen MR) is 79.7 cm³/mol. The molecule has 0 N–H and O–H groups in total. The number of rotatable bonds is 0. The van der Waals surface area contributed by atoms with Crippen LogP contribution in [0.3, 0.4) is 0 Å². The third-order valence-corrected chi connectivity index (χ3v) is 3.85. The van der Waals surface area contributed by atoms with Crippen LogP contribution in [-0.2, 0) is 0 Å². The maximum absolute atomic E-state index is 4.71. The zero-order valence-electron chi connectivity index (χ0n) is 11.0. The van der Waals surface area contributed by atoms with Gasteiger partial charge in [-0.15, -0.1) is 0 Å². The van der Waals surface area contributed by atoms with Gasteiger partial charge in [0.05, 0.1) is 27.8 Å². The molecule has 0 radical (unpaired) electrons. The average molecular weight is 246 g/mol. The van der Waals surface area contributed by atoms with Gasteiger partial charge in [-0.1, -0.05) is 24.3 Å². The van der Waals surface area contributed by atoms with Gasteiger partial charge in [0.25, 0.3) is 0 Å². The van der Waals surface area contributed by atoms with Gasteiger partial charge in [-0.05, 0) is 43.7 Å². The summed E-state index contributed by atoms with van der Waals surface area (Å²) in [5.41, 5.74) is 7.06. The number of nitrogens with zero attached hydrogens (tertiary/aromatic N) is 2. The lowest BCUT2D eigenvalue weighted by Crippen LogP contribution is -1.94. The molecule has 0 fully saturated rings. The Labute approximate surface area is 111 Å². The Bertz CT molecular complexity index is 932. The van der Waals surface area contributed by atoms with Gasteiger partial charge in [-0.25, -0.2) is 4.98 Å². The molecule has 4 rings (SSSR count). The third kappa shape index (κ3) is 1.34. The molecule has 2 heteroatoms. The molecule has 0 aliphatic carbocycles. The molecule has 2 heterocycles. The van der Waals surface area contributed by atoms with Crippen LogP contribution in [0.15, 0.2) is 48.5 Å². The van der Waals surface area contributed by atoms with E-state index >= 15 is 0 Å². The smallest absolute Gasteiger partial charge is 0.0874 e. The summed E-state index contributed by atoms with van der Waals surface area (Å²) in [7, 11) is 0. The largest absolute Gasteiger partial charge is 0.306 e. The van der Waals surface area contributed by atoms with Crippen LogP contribution < -0.4 is 0 Å². The van der Waals surface area contributed by atoms with Gasteiger partial charge in [0, 0.05) is 5.39 Å². The second-order valence-corrected chi connectivity index (χ2v) is 5.06. The fourth-order valence-corrected chi connectivity index (χ4v) is 2.89. The number of aryl methyl sites for hydroxylation is 2. The zero-order valence-corrected chi connectivity index (χ0v) is 11.0. The zero-order chi connectivity index (χ0) is 13.0. The lowest BCUT2D eigenvalue weighted by atomic mass is 10.1. The standard InChI is InChI=1S/C17H14N2/c1-11-6-5-9-15-13(11)10-17-12(2)18-14-7-3-4-8-16(14)19(15)17/h3-10H,1-2H3. The minimum atomic E-state index is 1.05. The van der Waals surface area contributed by atoms with Gasteiger partial charge < -0.3 is 4.40 Å². The van der Waals surface area contributed by atoms with E-state index in [1.807, 2.05) is 6.07 Å². The molecule has 0 aliphatic heterocycles. The van der Waals surface area contributed by atoms with Crippen molar-refractivity contribution >= 4 is 27.5 Å². The second-order valence-electron chi connectivity index (χ2n) is 5.06. The van der Waals surface area contributed by atoms with Crippen LogP contribution in [0.5, 0.6) is 0 Å². The first-order valence-electron chi connectivity index (χ1n) is 6.52. The Hall–Kier alpha value is -2.35. The molecule has 0 atom stereocenters. The summed E-state index contributed by atoms with van der Waals surface area (Å²) >= 11 is 0. The van der Waals surface area contributed by atoms with E-state index in [9.17, 15) is 0 Å². The van der Waals surface area contributed by atoms with Gasteiger partial charge in [0.15, 0.2) is 0 Å². The van der Waals surface area contributed by atoms with Gasteiger partial charge in [-0.3, -0.25) is 0 Å². The van der Waals surface area contributed by atoms with Crippen molar-refractivity contribution in [2.45, 2.75) is 13.8 Å². The van der Waals surface area contributed by atoms with E-state index in [1.54, 1.807) is 0 Å². The summed E-state index contributed by atoms with van der Waals surface area (Å²) in [6.07, 6.45) is 0. The first kappa shape index (κ1) is 10.6. The van der Waals surface area contributed by atoms with Gasteiger partial charge >= 0.3 is 0 Å². The quantitative estimate of drug-likeness (QED) is 0.453. The fraction of sp³-hybridized carbons (Fsp3) is 0.118. The number of fused-ring (bicyclic) bond motifs is 5. The molecule has 0 bridgehead atoms. The molecule has 0 amide bonds. The van der Waals surface area contributed by atoms with Crippen LogP contribution in [0.4, 0.5) is 0 Å². The normalized spacial score (nSPS) is 11.7. The number of aromatic nitrogens is 2. The van der Waals surface area contributed by atoms with Crippen molar-refractivity contribution in [1.29, 1.82) is 0 Å². The molecule has 2 aromatic carbocycles. The van der Waals surface area contributed by atoms with Crippen LogP contribution in [0, 0.1) is 13.8 Å². The molecule has 19 heavy (non-hydrogen) atoms. The van der Waals surface area contributed by atoms with Crippen molar-refractivity contribution in [3.63, 3.8) is 0 Å². The Kier molecular flexibility index (Phi) is 1.99. The summed E-state index contributed by atoms with van der Waals surface area (Å²) in [4.78, 5) is 4.71. The highest BCUT2D eigenvalue weighted by Crippen LogP contribution is 2.28. The van der Waals surface area contributed by atoms with E-state index in [2.05, 4.69) is 60.7 Å². The van der Waals surface area contributed by atoms with Crippen LogP contribution in [0.25, 0.3) is 27.5 Å². The predicted octanol–water partition coefficient (Wildman–Crippen LogP) is 4.26. The van der Waals surface area contributed by atoms with Crippen molar-refractivity contribution in [2.24, 2.45) is 0 Å². The molecule has 0 spiro atoms.